The number of aryl methyl sites for hydroxylation is 2. The lowest BCUT2D eigenvalue weighted by Gasteiger charge is -2.07. The zero-order chi connectivity index (χ0) is 18.9. The Bertz CT molecular complexity index is 922. The molecule has 0 aliphatic carbocycles. The van der Waals surface area contributed by atoms with E-state index in [4.69, 9.17) is 13.9 Å². The van der Waals surface area contributed by atoms with Crippen LogP contribution in [0.15, 0.2) is 26.1 Å². The van der Waals surface area contributed by atoms with E-state index in [1.54, 1.807) is 0 Å². The lowest BCUT2D eigenvalue weighted by Crippen LogP contribution is -2.23. The summed E-state index contributed by atoms with van der Waals surface area (Å²) in [5.74, 6) is -1.03. The van der Waals surface area contributed by atoms with Crippen LogP contribution in [0.1, 0.15) is 38.0 Å². The fourth-order valence-electron chi connectivity index (χ4n) is 2.09. The lowest BCUT2D eigenvalue weighted by atomic mass is 10.2. The first-order valence-corrected chi connectivity index (χ1v) is 8.61. The maximum atomic E-state index is 12.2. The third-order valence-electron chi connectivity index (χ3n) is 3.50. The largest absolute Gasteiger partial charge is 0.478 e. The van der Waals surface area contributed by atoms with Gasteiger partial charge in [0, 0.05) is 20.2 Å². The molecule has 2 aromatic rings. The maximum absolute atomic E-state index is 12.2. The first-order chi connectivity index (χ1) is 11.5. The highest BCUT2D eigenvalue weighted by Crippen LogP contribution is 2.21. The molecule has 2 aromatic heterocycles. The minimum atomic E-state index is -3.79. The van der Waals surface area contributed by atoms with Crippen molar-refractivity contribution in [2.45, 2.75) is 25.5 Å². The van der Waals surface area contributed by atoms with Crippen molar-refractivity contribution in [2.75, 3.05) is 14.1 Å². The summed E-state index contributed by atoms with van der Waals surface area (Å²) in [6.07, 6.45) is 0. The molecule has 136 valence electrons. The number of nitrogens with zero attached hydrogens (tertiary/aromatic N) is 1. The Hall–Kier alpha value is -2.59. The van der Waals surface area contributed by atoms with E-state index >= 15 is 0 Å². The first-order valence-electron chi connectivity index (χ1n) is 7.17. The predicted octanol–water partition coefficient (Wildman–Crippen LogP) is 1.37. The fraction of sp³-hybridized carbons (Fsp3) is 0.333. The van der Waals surface area contributed by atoms with Gasteiger partial charge in [0.05, 0.1) is 12.1 Å². The number of carboxylic acid groups (broad SMARTS) is 1. The molecule has 25 heavy (non-hydrogen) atoms. The second-order valence-corrected chi connectivity index (χ2v) is 7.58. The van der Waals surface area contributed by atoms with E-state index < -0.39 is 21.9 Å². The van der Waals surface area contributed by atoms with Crippen molar-refractivity contribution < 1.29 is 31.9 Å². The molecular formula is C15H18N2O7S. The van der Waals surface area contributed by atoms with Crippen molar-refractivity contribution in [3.63, 3.8) is 0 Å². The normalized spacial score (nSPS) is 11.7. The molecule has 0 fully saturated rings. The number of nitrogens with one attached hydrogen (secondary N) is 1. The fourth-order valence-corrected chi connectivity index (χ4v) is 2.95. The van der Waals surface area contributed by atoms with Crippen molar-refractivity contribution in [2.24, 2.45) is 0 Å². The average molecular weight is 370 g/mol. The van der Waals surface area contributed by atoms with Gasteiger partial charge in [0.2, 0.25) is 5.09 Å². The van der Waals surface area contributed by atoms with Gasteiger partial charge in [-0.2, -0.15) is 0 Å². The smallest absolute Gasteiger partial charge is 0.339 e. The molecule has 0 atom stereocenters. The average Bonchev–Trinajstić information content (AvgIpc) is 3.08. The van der Waals surface area contributed by atoms with Gasteiger partial charge in [0.1, 0.15) is 22.8 Å². The second kappa shape index (κ2) is 6.73. The van der Waals surface area contributed by atoms with Crippen LogP contribution in [-0.4, -0.2) is 43.8 Å². The maximum Gasteiger partial charge on any atom is 0.339 e. The molecule has 2 N–H and O–H groups in total. The summed E-state index contributed by atoms with van der Waals surface area (Å²) in [5.41, 5.74) is 0.0882. The zero-order valence-electron chi connectivity index (χ0n) is 14.1. The van der Waals surface area contributed by atoms with E-state index in [0.29, 0.717) is 0 Å². The number of sulfonamides is 1. The molecule has 2 rings (SSSR count). The highest BCUT2D eigenvalue weighted by atomic mass is 32.2. The first kappa shape index (κ1) is 18.7. The predicted molar refractivity (Wildman–Crippen MR) is 85.9 cm³/mol. The van der Waals surface area contributed by atoms with Crippen molar-refractivity contribution >= 4 is 21.9 Å². The van der Waals surface area contributed by atoms with Gasteiger partial charge in [0.15, 0.2) is 0 Å². The SMILES string of the molecule is Cc1oc(CNC(=O)c2cc(S(=O)(=O)N(C)C)oc2C)cc1C(=O)O. The van der Waals surface area contributed by atoms with E-state index in [0.717, 1.165) is 10.4 Å². The van der Waals surface area contributed by atoms with E-state index in [1.165, 1.54) is 34.0 Å². The number of amides is 1. The van der Waals surface area contributed by atoms with E-state index in [2.05, 4.69) is 5.32 Å². The molecular weight excluding hydrogens is 352 g/mol. The van der Waals surface area contributed by atoms with E-state index in [-0.39, 0.29) is 40.0 Å². The molecule has 0 unspecified atom stereocenters. The third kappa shape index (κ3) is 3.74. The van der Waals surface area contributed by atoms with Crippen LogP contribution in [0.3, 0.4) is 0 Å². The number of aromatic carboxylic acids is 1. The Kier molecular flexibility index (Phi) is 5.04. The summed E-state index contributed by atoms with van der Waals surface area (Å²) < 4.78 is 35.5. The monoisotopic (exact) mass is 370 g/mol. The summed E-state index contributed by atoms with van der Waals surface area (Å²) >= 11 is 0. The Labute approximate surface area is 144 Å². The van der Waals surface area contributed by atoms with Crippen LogP contribution in [0.4, 0.5) is 0 Å². The van der Waals surface area contributed by atoms with Crippen LogP contribution >= 0.6 is 0 Å². The van der Waals surface area contributed by atoms with Gasteiger partial charge in [-0.15, -0.1) is 0 Å². The van der Waals surface area contributed by atoms with Crippen LogP contribution < -0.4 is 5.32 Å². The highest BCUT2D eigenvalue weighted by molar-refractivity contribution is 7.88. The van der Waals surface area contributed by atoms with E-state index in [9.17, 15) is 18.0 Å². The Balaban J connectivity index is 2.16. The van der Waals surface area contributed by atoms with Gasteiger partial charge in [-0.05, 0) is 19.9 Å². The second-order valence-electron chi connectivity index (χ2n) is 5.49. The van der Waals surface area contributed by atoms with E-state index in [1.807, 2.05) is 0 Å². The summed E-state index contributed by atoms with van der Waals surface area (Å²) in [7, 11) is -1.08. The molecule has 0 bridgehead atoms. The van der Waals surface area contributed by atoms with Crippen LogP contribution in [0.5, 0.6) is 0 Å². The van der Waals surface area contributed by atoms with Gasteiger partial charge in [-0.25, -0.2) is 17.5 Å². The summed E-state index contributed by atoms with van der Waals surface area (Å²) in [5, 5.41) is 11.2. The topological polar surface area (TPSA) is 130 Å². The molecule has 0 spiro atoms. The van der Waals surface area contributed by atoms with Gasteiger partial charge >= 0.3 is 5.97 Å². The number of carbonyl (C=O) groups excluding carboxylic acids is 1. The number of furan rings is 2. The van der Waals surface area contributed by atoms with Crippen molar-refractivity contribution in [1.29, 1.82) is 0 Å². The molecule has 2 heterocycles. The van der Waals surface area contributed by atoms with Crippen molar-refractivity contribution in [3.8, 4) is 0 Å². The molecule has 0 radical (unpaired) electrons. The number of carboxylic acids is 1. The summed E-state index contributed by atoms with van der Waals surface area (Å²) in [6, 6.07) is 2.47. The van der Waals surface area contributed by atoms with Crippen molar-refractivity contribution in [1.82, 2.24) is 9.62 Å². The molecule has 1 amide bonds. The van der Waals surface area contributed by atoms with Crippen LogP contribution in [0.25, 0.3) is 0 Å². The van der Waals surface area contributed by atoms with Gasteiger partial charge in [0.25, 0.3) is 15.9 Å². The lowest BCUT2D eigenvalue weighted by molar-refractivity contribution is 0.0694. The molecule has 0 aliphatic heterocycles. The molecule has 0 aromatic carbocycles. The minimum absolute atomic E-state index is 0.0168. The number of hydrogen-bond donors (Lipinski definition) is 2. The van der Waals surface area contributed by atoms with Crippen LogP contribution in [0, 0.1) is 13.8 Å². The zero-order valence-corrected chi connectivity index (χ0v) is 14.9. The minimum Gasteiger partial charge on any atom is -0.478 e. The quantitative estimate of drug-likeness (QED) is 0.785. The molecule has 0 aliphatic rings. The summed E-state index contributed by atoms with van der Waals surface area (Å²) in [6.45, 7) is 2.93. The standard InChI is InChI=1S/C15H18N2O7S/c1-8-11(6-13(24-8)25(21,22)17(3)4)14(18)16-7-10-5-12(15(19)20)9(2)23-10/h5-6H,7H2,1-4H3,(H,16,18)(H,19,20). The number of hydrogen-bond acceptors (Lipinski definition) is 6. The Morgan fingerprint density at radius 1 is 1.12 bits per heavy atom. The Morgan fingerprint density at radius 3 is 2.24 bits per heavy atom. The molecule has 10 heteroatoms. The molecule has 0 saturated carbocycles. The third-order valence-corrected chi connectivity index (χ3v) is 5.17. The van der Waals surface area contributed by atoms with Crippen molar-refractivity contribution in [3.05, 3.63) is 40.5 Å². The summed E-state index contributed by atoms with van der Waals surface area (Å²) in [4.78, 5) is 23.2. The molecule has 9 nitrogen and oxygen atoms in total. The van der Waals surface area contributed by atoms with Gasteiger partial charge in [-0.3, -0.25) is 4.79 Å². The molecule has 0 saturated heterocycles. The van der Waals surface area contributed by atoms with Crippen LogP contribution in [0.2, 0.25) is 0 Å². The van der Waals surface area contributed by atoms with Gasteiger partial charge in [-0.1, -0.05) is 0 Å². The van der Waals surface area contributed by atoms with Crippen LogP contribution in [-0.2, 0) is 16.6 Å². The number of carbonyl (C=O) groups is 2. The Morgan fingerprint density at radius 2 is 1.72 bits per heavy atom. The number of rotatable bonds is 6. The van der Waals surface area contributed by atoms with Gasteiger partial charge < -0.3 is 19.3 Å². The highest BCUT2D eigenvalue weighted by Gasteiger charge is 2.25.